The Hall–Kier alpha value is -1.10. The molecule has 2 atom stereocenters. The molecule has 2 rings (SSSR count). The largest absolute Gasteiger partial charge is 0.369 e. The van der Waals surface area contributed by atoms with Crippen molar-refractivity contribution in [2.45, 2.75) is 12.0 Å². The molecule has 2 aliphatic rings. The van der Waals surface area contributed by atoms with E-state index in [-0.39, 0.29) is 17.7 Å². The minimum absolute atomic E-state index is 0.0266. The quantitative estimate of drug-likeness (QED) is 0.475. The first-order chi connectivity index (χ1) is 6.06. The summed E-state index contributed by atoms with van der Waals surface area (Å²) in [5.74, 6) is -0.446. The van der Waals surface area contributed by atoms with Gasteiger partial charge in [0.15, 0.2) is 0 Å². The van der Waals surface area contributed by atoms with Gasteiger partial charge < -0.3 is 11.1 Å². The lowest BCUT2D eigenvalue weighted by Gasteiger charge is -2.42. The van der Waals surface area contributed by atoms with Crippen LogP contribution in [0.15, 0.2) is 0 Å². The van der Waals surface area contributed by atoms with Crippen LogP contribution in [0, 0.1) is 5.92 Å². The Morgan fingerprint density at radius 3 is 2.69 bits per heavy atom. The van der Waals surface area contributed by atoms with Crippen molar-refractivity contribution in [3.05, 3.63) is 0 Å². The molecule has 2 heterocycles. The first-order valence-electron chi connectivity index (χ1n) is 4.35. The van der Waals surface area contributed by atoms with Gasteiger partial charge in [-0.2, -0.15) is 0 Å². The Labute approximate surface area is 76.3 Å². The topological polar surface area (TPSA) is 75.4 Å². The second-order valence-corrected chi connectivity index (χ2v) is 3.90. The number of β-lactam (4-membered cyclic amide) rings is 1. The molecule has 0 aromatic carbocycles. The maximum Gasteiger partial charge on any atom is 0.242 e. The summed E-state index contributed by atoms with van der Waals surface area (Å²) in [4.78, 5) is 24.2. The van der Waals surface area contributed by atoms with Crippen molar-refractivity contribution >= 4 is 11.8 Å². The number of amides is 2. The van der Waals surface area contributed by atoms with Gasteiger partial charge in [-0.05, 0) is 13.5 Å². The smallest absolute Gasteiger partial charge is 0.242 e. The lowest BCUT2D eigenvalue weighted by Crippen LogP contribution is -2.69. The van der Waals surface area contributed by atoms with E-state index in [0.717, 1.165) is 0 Å². The molecule has 5 heteroatoms. The van der Waals surface area contributed by atoms with Crippen molar-refractivity contribution in [3.63, 3.8) is 0 Å². The maximum atomic E-state index is 11.3. The van der Waals surface area contributed by atoms with Crippen LogP contribution < -0.4 is 11.1 Å². The number of nitrogens with two attached hydrogens (primary N) is 1. The summed E-state index contributed by atoms with van der Waals surface area (Å²) in [6.45, 7) is 1.24. The molecular formula is C8H13N3O2. The van der Waals surface area contributed by atoms with Crippen molar-refractivity contribution in [1.82, 2.24) is 10.2 Å². The Morgan fingerprint density at radius 1 is 1.77 bits per heavy atom. The Morgan fingerprint density at radius 2 is 2.46 bits per heavy atom. The number of nitrogens with one attached hydrogen (secondary N) is 1. The molecular weight excluding hydrogens is 170 g/mol. The van der Waals surface area contributed by atoms with Crippen LogP contribution >= 0.6 is 0 Å². The lowest BCUT2D eigenvalue weighted by molar-refractivity contribution is -0.140. The molecule has 2 amide bonds. The molecule has 3 N–H and O–H groups in total. The van der Waals surface area contributed by atoms with Gasteiger partial charge in [0.2, 0.25) is 11.8 Å². The minimum Gasteiger partial charge on any atom is -0.369 e. The molecule has 0 saturated carbocycles. The monoisotopic (exact) mass is 183 g/mol. The fourth-order valence-electron chi connectivity index (χ4n) is 2.16. The van der Waals surface area contributed by atoms with Crippen LogP contribution in [0.4, 0.5) is 0 Å². The van der Waals surface area contributed by atoms with E-state index in [2.05, 4.69) is 5.32 Å². The number of likely N-dealkylation sites (tertiary alicyclic amines) is 1. The second-order valence-electron chi connectivity index (χ2n) is 3.90. The van der Waals surface area contributed by atoms with Gasteiger partial charge >= 0.3 is 0 Å². The van der Waals surface area contributed by atoms with Crippen molar-refractivity contribution in [3.8, 4) is 0 Å². The van der Waals surface area contributed by atoms with E-state index >= 15 is 0 Å². The van der Waals surface area contributed by atoms with Gasteiger partial charge in [-0.1, -0.05) is 0 Å². The highest BCUT2D eigenvalue weighted by molar-refractivity contribution is 5.94. The zero-order chi connectivity index (χ0) is 9.64. The van der Waals surface area contributed by atoms with E-state index in [0.29, 0.717) is 19.5 Å². The SMILES string of the molecule is CN1CC(C(N)=O)CC12CNC2=O. The van der Waals surface area contributed by atoms with E-state index in [9.17, 15) is 9.59 Å². The number of likely N-dealkylation sites (N-methyl/N-ethyl adjacent to an activating group) is 1. The van der Waals surface area contributed by atoms with Gasteiger partial charge in [0.05, 0.1) is 5.92 Å². The van der Waals surface area contributed by atoms with Crippen molar-refractivity contribution < 1.29 is 9.59 Å². The fourth-order valence-corrected chi connectivity index (χ4v) is 2.16. The van der Waals surface area contributed by atoms with Crippen molar-refractivity contribution in [2.75, 3.05) is 20.1 Å². The molecule has 0 radical (unpaired) electrons. The van der Waals surface area contributed by atoms with E-state index in [1.165, 1.54) is 0 Å². The third-order valence-corrected chi connectivity index (χ3v) is 3.18. The number of rotatable bonds is 1. The summed E-state index contributed by atoms with van der Waals surface area (Å²) in [6, 6.07) is 0. The predicted octanol–water partition coefficient (Wildman–Crippen LogP) is -1.71. The molecule has 72 valence electrons. The van der Waals surface area contributed by atoms with Crippen molar-refractivity contribution in [2.24, 2.45) is 11.7 Å². The van der Waals surface area contributed by atoms with E-state index in [1.54, 1.807) is 0 Å². The molecule has 5 nitrogen and oxygen atoms in total. The molecule has 0 aliphatic carbocycles. The number of hydrogen-bond donors (Lipinski definition) is 2. The Balaban J connectivity index is 2.16. The number of primary amides is 1. The fraction of sp³-hybridized carbons (Fsp3) is 0.750. The van der Waals surface area contributed by atoms with Crippen LogP contribution in [0.25, 0.3) is 0 Å². The normalized spacial score (nSPS) is 38.8. The van der Waals surface area contributed by atoms with Crippen molar-refractivity contribution in [1.29, 1.82) is 0 Å². The van der Waals surface area contributed by atoms with Gasteiger partial charge in [-0.15, -0.1) is 0 Å². The lowest BCUT2D eigenvalue weighted by atomic mass is 9.85. The third kappa shape index (κ3) is 0.966. The van der Waals surface area contributed by atoms with E-state index < -0.39 is 5.54 Å². The van der Waals surface area contributed by atoms with Gasteiger partial charge in [0.1, 0.15) is 5.54 Å². The maximum absolute atomic E-state index is 11.3. The summed E-state index contributed by atoms with van der Waals surface area (Å²) in [7, 11) is 1.86. The Bertz CT molecular complexity index is 279. The molecule has 0 bridgehead atoms. The summed E-state index contributed by atoms with van der Waals surface area (Å²) >= 11 is 0. The molecule has 2 aliphatic heterocycles. The second kappa shape index (κ2) is 2.45. The highest BCUT2D eigenvalue weighted by Gasteiger charge is 2.56. The zero-order valence-electron chi connectivity index (χ0n) is 7.54. The molecule has 1 spiro atoms. The molecule has 0 aromatic rings. The van der Waals surface area contributed by atoms with Crippen LogP contribution in [-0.2, 0) is 9.59 Å². The molecule has 2 saturated heterocycles. The highest BCUT2D eigenvalue weighted by Crippen LogP contribution is 2.35. The number of nitrogens with zero attached hydrogens (tertiary/aromatic N) is 1. The molecule has 2 fully saturated rings. The summed E-state index contributed by atoms with van der Waals surface area (Å²) < 4.78 is 0. The summed E-state index contributed by atoms with van der Waals surface area (Å²) in [6.07, 6.45) is 0.574. The Kier molecular flexibility index (Phi) is 1.60. The first-order valence-corrected chi connectivity index (χ1v) is 4.35. The van der Waals surface area contributed by atoms with Crippen LogP contribution in [0.5, 0.6) is 0 Å². The average molecular weight is 183 g/mol. The zero-order valence-corrected chi connectivity index (χ0v) is 7.54. The number of carbonyl (C=O) groups excluding carboxylic acids is 2. The van der Waals surface area contributed by atoms with Gasteiger partial charge in [0, 0.05) is 13.1 Å². The van der Waals surface area contributed by atoms with Crippen LogP contribution in [-0.4, -0.2) is 42.4 Å². The van der Waals surface area contributed by atoms with E-state index in [1.807, 2.05) is 11.9 Å². The van der Waals surface area contributed by atoms with Crippen LogP contribution in [0.3, 0.4) is 0 Å². The number of carbonyl (C=O) groups is 2. The molecule has 13 heavy (non-hydrogen) atoms. The van der Waals surface area contributed by atoms with E-state index in [4.69, 9.17) is 5.73 Å². The predicted molar refractivity (Wildman–Crippen MR) is 45.7 cm³/mol. The first kappa shape index (κ1) is 8.50. The summed E-state index contributed by atoms with van der Waals surface area (Å²) in [5.41, 5.74) is 4.78. The standard InChI is InChI=1S/C8H13N3O2/c1-11-3-5(6(9)12)2-8(11)4-10-7(8)13/h5H,2-4H2,1H3,(H2,9,12)(H,10,13). The van der Waals surface area contributed by atoms with Crippen LogP contribution in [0.1, 0.15) is 6.42 Å². The van der Waals surface area contributed by atoms with Crippen LogP contribution in [0.2, 0.25) is 0 Å². The van der Waals surface area contributed by atoms with Gasteiger partial charge in [-0.25, -0.2) is 0 Å². The van der Waals surface area contributed by atoms with Gasteiger partial charge in [0.25, 0.3) is 0 Å². The minimum atomic E-state index is -0.431. The summed E-state index contributed by atoms with van der Waals surface area (Å²) in [5, 5.41) is 2.70. The third-order valence-electron chi connectivity index (χ3n) is 3.18. The molecule has 0 aromatic heterocycles. The molecule has 2 unspecified atom stereocenters. The number of hydrogen-bond acceptors (Lipinski definition) is 3. The highest BCUT2D eigenvalue weighted by atomic mass is 16.2. The average Bonchev–Trinajstić information content (AvgIpc) is 2.43. The van der Waals surface area contributed by atoms with Gasteiger partial charge in [-0.3, -0.25) is 14.5 Å².